The number of fused-ring (bicyclic) bond motifs is 1. The van der Waals surface area contributed by atoms with Crippen LogP contribution in [-0.4, -0.2) is 12.6 Å². The zero-order valence-corrected chi connectivity index (χ0v) is 32.1. The third-order valence-electron chi connectivity index (χ3n) is 7.97. The van der Waals surface area contributed by atoms with E-state index in [-0.39, 0.29) is 11.3 Å². The van der Waals surface area contributed by atoms with Crippen molar-refractivity contribution >= 4 is 17.9 Å². The SMILES string of the molecule is C=c1cccc/c1=C(/C=C(/C#Cc1cccc(C(F)(F)F)c1)CC)C(C)=O.CCC.CCCCCCC[C@@H](C)CC.Cc1ccc2c(c1)OCO2. The molecule has 3 aromatic carbocycles. The van der Waals surface area contributed by atoms with Crippen LogP contribution in [-0.2, 0) is 11.0 Å². The first-order valence-corrected chi connectivity index (χ1v) is 18.4. The van der Waals surface area contributed by atoms with Gasteiger partial charge in [-0.15, -0.1) is 0 Å². The van der Waals surface area contributed by atoms with Crippen LogP contribution in [0, 0.1) is 24.7 Å². The number of halogens is 3. The maximum atomic E-state index is 12.8. The van der Waals surface area contributed by atoms with Gasteiger partial charge in [-0.25, -0.2) is 0 Å². The van der Waals surface area contributed by atoms with Gasteiger partial charge in [0.2, 0.25) is 6.79 Å². The zero-order chi connectivity index (χ0) is 38.2. The topological polar surface area (TPSA) is 35.5 Å². The van der Waals surface area contributed by atoms with Crippen molar-refractivity contribution in [3.05, 3.63) is 106 Å². The van der Waals surface area contributed by atoms with E-state index in [2.05, 4.69) is 53.0 Å². The predicted octanol–water partition coefficient (Wildman–Crippen LogP) is 11.8. The molecular formula is C45H59F3O3. The Balaban J connectivity index is 0.000000440. The van der Waals surface area contributed by atoms with Crippen molar-refractivity contribution in [1.82, 2.24) is 0 Å². The Morgan fingerprint density at radius 1 is 0.902 bits per heavy atom. The molecule has 0 radical (unpaired) electrons. The average molecular weight is 705 g/mol. The number of aryl methyl sites for hydroxylation is 1. The number of Topliss-reactive ketones (excluding diaryl/α,β-unsaturated/α-hetero) is 1. The Morgan fingerprint density at radius 2 is 1.57 bits per heavy atom. The van der Waals surface area contributed by atoms with Gasteiger partial charge in [-0.3, -0.25) is 4.79 Å². The maximum absolute atomic E-state index is 12.8. The number of ketones is 1. The second-order valence-electron chi connectivity index (χ2n) is 12.8. The summed E-state index contributed by atoms with van der Waals surface area (Å²) < 4.78 is 48.7. The van der Waals surface area contributed by atoms with Crippen LogP contribution in [0.25, 0.3) is 12.2 Å². The van der Waals surface area contributed by atoms with Crippen molar-refractivity contribution in [2.75, 3.05) is 6.79 Å². The number of hydrogen-bond donors (Lipinski definition) is 0. The fourth-order valence-electron chi connectivity index (χ4n) is 4.78. The Morgan fingerprint density at radius 3 is 2.18 bits per heavy atom. The first kappa shape index (κ1) is 44.8. The molecule has 0 aromatic heterocycles. The van der Waals surface area contributed by atoms with Gasteiger partial charge in [0.25, 0.3) is 0 Å². The predicted molar refractivity (Wildman–Crippen MR) is 208 cm³/mol. The van der Waals surface area contributed by atoms with Crippen molar-refractivity contribution in [2.45, 2.75) is 119 Å². The zero-order valence-electron chi connectivity index (χ0n) is 32.1. The van der Waals surface area contributed by atoms with Crippen molar-refractivity contribution in [1.29, 1.82) is 0 Å². The number of rotatable bonds is 10. The minimum Gasteiger partial charge on any atom is -0.454 e. The molecule has 6 heteroatoms. The van der Waals surface area contributed by atoms with Crippen molar-refractivity contribution < 1.29 is 27.4 Å². The molecule has 3 aromatic rings. The summed E-state index contributed by atoms with van der Waals surface area (Å²) in [5.74, 6) is 8.19. The second kappa shape index (κ2) is 24.8. The number of benzene rings is 3. The number of unbranched alkanes of at least 4 members (excludes halogenated alkanes) is 4. The van der Waals surface area contributed by atoms with Gasteiger partial charge >= 0.3 is 6.18 Å². The molecule has 51 heavy (non-hydrogen) atoms. The van der Waals surface area contributed by atoms with E-state index in [1.54, 1.807) is 6.08 Å². The van der Waals surface area contributed by atoms with Gasteiger partial charge in [-0.2, -0.15) is 13.2 Å². The summed E-state index contributed by atoms with van der Waals surface area (Å²) >= 11 is 0. The highest BCUT2D eigenvalue weighted by Gasteiger charge is 2.30. The monoisotopic (exact) mass is 704 g/mol. The molecule has 4 rings (SSSR count). The van der Waals surface area contributed by atoms with E-state index < -0.39 is 11.7 Å². The highest BCUT2D eigenvalue weighted by molar-refractivity contribution is 6.17. The van der Waals surface area contributed by atoms with Crippen molar-refractivity contribution in [3.63, 3.8) is 0 Å². The fourth-order valence-corrected chi connectivity index (χ4v) is 4.78. The lowest BCUT2D eigenvalue weighted by Crippen LogP contribution is -2.26. The Kier molecular flexibility index (Phi) is 21.8. The van der Waals surface area contributed by atoms with E-state index >= 15 is 0 Å². The van der Waals surface area contributed by atoms with Crippen molar-refractivity contribution in [3.8, 4) is 23.3 Å². The van der Waals surface area contributed by atoms with E-state index in [1.165, 1.54) is 76.0 Å². The van der Waals surface area contributed by atoms with Crippen molar-refractivity contribution in [2.24, 2.45) is 5.92 Å². The molecule has 0 unspecified atom stereocenters. The standard InChI is InChI=1S/C23H19F3O.C11H24.C8H8O2.C3H8/c1-4-18(12-13-19-9-7-10-20(14-19)23(24,25)26)15-22(17(3)27)21-11-6-5-8-16(21)2;1-4-6-7-8-9-10-11(3)5-2;1-6-2-3-7-8(4-6)10-5-9-7;1-3-2/h5-11,14-15H,2,4H2,1,3H3;11H,4-10H2,1-3H3;2-4H,5H2,1H3;3H2,1-2H3/b18-15+,22-21+;;;/t;11-;;/m.0../s1. The first-order chi connectivity index (χ1) is 24.3. The lowest BCUT2D eigenvalue weighted by Gasteiger charge is -2.06. The number of hydrogen-bond acceptors (Lipinski definition) is 3. The smallest absolute Gasteiger partial charge is 0.416 e. The Hall–Kier alpha value is -4.24. The summed E-state index contributed by atoms with van der Waals surface area (Å²) in [6.45, 7) is 20.8. The molecule has 278 valence electrons. The van der Waals surface area contributed by atoms with Gasteiger partial charge in [0.05, 0.1) is 5.56 Å². The first-order valence-electron chi connectivity index (χ1n) is 18.4. The molecule has 0 fully saturated rings. The van der Waals surface area contributed by atoms with E-state index in [0.717, 1.165) is 40.0 Å². The number of ether oxygens (including phenoxy) is 2. The summed E-state index contributed by atoms with van der Waals surface area (Å²) in [4.78, 5) is 12.1. The number of carbonyl (C=O) groups is 1. The molecule has 0 aliphatic carbocycles. The van der Waals surface area contributed by atoms with Crippen LogP contribution in [0.5, 0.6) is 11.5 Å². The minimum absolute atomic E-state index is 0.127. The van der Waals surface area contributed by atoms with E-state index in [9.17, 15) is 18.0 Å². The molecular weight excluding hydrogens is 645 g/mol. The summed E-state index contributed by atoms with van der Waals surface area (Å²) in [6, 6.07) is 18.1. The summed E-state index contributed by atoms with van der Waals surface area (Å²) in [7, 11) is 0. The third-order valence-corrected chi connectivity index (χ3v) is 7.97. The van der Waals surface area contributed by atoms with Gasteiger partial charge < -0.3 is 9.47 Å². The van der Waals surface area contributed by atoms with Gasteiger partial charge in [0, 0.05) is 16.7 Å². The number of carbonyl (C=O) groups excluding carboxylic acids is 1. The molecule has 0 saturated heterocycles. The summed E-state index contributed by atoms with van der Waals surface area (Å²) in [5.41, 5.74) is 1.87. The Bertz CT molecular complexity index is 1670. The highest BCUT2D eigenvalue weighted by Crippen LogP contribution is 2.32. The molecule has 1 aliphatic rings. The molecule has 0 saturated carbocycles. The van der Waals surface area contributed by atoms with Crippen LogP contribution in [0.1, 0.15) is 123 Å². The van der Waals surface area contributed by atoms with Crippen LogP contribution in [0.2, 0.25) is 0 Å². The molecule has 1 heterocycles. The van der Waals surface area contributed by atoms with Gasteiger partial charge in [-0.1, -0.05) is 148 Å². The molecule has 0 spiro atoms. The average Bonchev–Trinajstić information content (AvgIpc) is 3.57. The number of allylic oxidation sites excluding steroid dienone is 2. The van der Waals surface area contributed by atoms with E-state index in [0.29, 0.717) is 24.4 Å². The normalized spacial score (nSPS) is 12.7. The lowest BCUT2D eigenvalue weighted by molar-refractivity contribution is -0.137. The van der Waals surface area contributed by atoms with E-state index in [4.69, 9.17) is 9.47 Å². The fraction of sp³-hybridized carbons (Fsp3) is 0.444. The largest absolute Gasteiger partial charge is 0.454 e. The number of alkyl halides is 3. The van der Waals surface area contributed by atoms with E-state index in [1.807, 2.05) is 56.3 Å². The molecule has 0 amide bonds. The van der Waals surface area contributed by atoms with Crippen LogP contribution in [0.3, 0.4) is 0 Å². The third kappa shape index (κ3) is 18.0. The Labute approximate surface area is 305 Å². The molecule has 1 atom stereocenters. The molecule has 3 nitrogen and oxygen atoms in total. The highest BCUT2D eigenvalue weighted by atomic mass is 19.4. The van der Waals surface area contributed by atoms with Crippen LogP contribution >= 0.6 is 0 Å². The lowest BCUT2D eigenvalue weighted by atomic mass is 10.0. The van der Waals surface area contributed by atoms with Gasteiger partial charge in [0.15, 0.2) is 17.3 Å². The maximum Gasteiger partial charge on any atom is 0.416 e. The summed E-state index contributed by atoms with van der Waals surface area (Å²) in [5, 5.41) is 1.44. The quantitative estimate of drug-likeness (QED) is 0.156. The van der Waals surface area contributed by atoms with Gasteiger partial charge in [0.1, 0.15) is 0 Å². The van der Waals surface area contributed by atoms with Crippen LogP contribution in [0.4, 0.5) is 13.2 Å². The molecule has 1 aliphatic heterocycles. The van der Waals surface area contributed by atoms with Gasteiger partial charge in [-0.05, 0) is 78.6 Å². The second-order valence-corrected chi connectivity index (χ2v) is 12.8. The van der Waals surface area contributed by atoms with Crippen LogP contribution < -0.4 is 19.9 Å². The molecule has 0 bridgehead atoms. The minimum atomic E-state index is -4.41. The summed E-state index contributed by atoms with van der Waals surface area (Å²) in [6.07, 6.45) is 9.03. The van der Waals surface area contributed by atoms with Crippen LogP contribution in [0.15, 0.2) is 78.4 Å². The molecule has 0 N–H and O–H groups in total.